The van der Waals surface area contributed by atoms with Gasteiger partial charge in [-0.15, -0.1) is 0 Å². The molecule has 0 spiro atoms. The quantitative estimate of drug-likeness (QED) is 0.589. The van der Waals surface area contributed by atoms with E-state index in [-0.39, 0.29) is 5.91 Å². The third kappa shape index (κ3) is 2.50. The predicted octanol–water partition coefficient (Wildman–Crippen LogP) is 0.217. The number of carbonyl (C=O) groups is 1. The molecule has 1 aliphatic rings. The Morgan fingerprint density at radius 2 is 2.18 bits per heavy atom. The lowest BCUT2D eigenvalue weighted by Crippen LogP contribution is -2.33. The number of rotatable bonds is 1. The fourth-order valence-electron chi connectivity index (χ4n) is 1.30. The maximum absolute atomic E-state index is 10.9. The maximum Gasteiger partial charge on any atom is 0.221 e. The molecule has 1 amide bonds. The number of hydrogen-bond acceptors (Lipinski definition) is 2. The normalized spacial score (nSPS) is 21.5. The van der Waals surface area contributed by atoms with Crippen LogP contribution >= 0.6 is 0 Å². The topological polar surface area (TPSA) is 32.3 Å². The van der Waals surface area contributed by atoms with Crippen molar-refractivity contribution in [1.29, 1.82) is 0 Å². The van der Waals surface area contributed by atoms with E-state index in [0.717, 1.165) is 19.6 Å². The van der Waals surface area contributed by atoms with Crippen LogP contribution in [0.15, 0.2) is 0 Å². The first-order chi connectivity index (χ1) is 5.20. The van der Waals surface area contributed by atoms with Crippen molar-refractivity contribution in [2.45, 2.75) is 26.3 Å². The Morgan fingerprint density at radius 1 is 1.45 bits per heavy atom. The van der Waals surface area contributed by atoms with Gasteiger partial charge in [-0.25, -0.2) is 0 Å². The number of amides is 1. The number of nitrogens with zero attached hydrogens (tertiary/aromatic N) is 1. The van der Waals surface area contributed by atoms with E-state index in [4.69, 9.17) is 0 Å². The number of nitrogens with one attached hydrogen (secondary N) is 1. The van der Waals surface area contributed by atoms with Crippen LogP contribution < -0.4 is 5.32 Å². The van der Waals surface area contributed by atoms with Crippen LogP contribution in [-0.4, -0.2) is 36.5 Å². The molecule has 0 aromatic heterocycles. The first kappa shape index (κ1) is 8.53. The molecule has 0 saturated carbocycles. The highest BCUT2D eigenvalue weighted by atomic mass is 16.1. The minimum Gasteiger partial charge on any atom is -0.355 e. The van der Waals surface area contributed by atoms with E-state index in [1.807, 2.05) is 0 Å². The lowest BCUT2D eigenvalue weighted by molar-refractivity contribution is -0.120. The fraction of sp³-hybridized carbons (Fsp3) is 0.875. The SMILES string of the molecule is CC(C)N1CCNC(=O)CC1. The highest BCUT2D eigenvalue weighted by Crippen LogP contribution is 2.01. The maximum atomic E-state index is 10.9. The summed E-state index contributed by atoms with van der Waals surface area (Å²) in [6, 6.07) is 0.558. The standard InChI is InChI=1S/C8H16N2O/c1-7(2)10-5-3-8(11)9-4-6-10/h7H,3-6H2,1-2H3,(H,9,11). The van der Waals surface area contributed by atoms with Crippen LogP contribution in [0.3, 0.4) is 0 Å². The Labute approximate surface area is 67.8 Å². The summed E-state index contributed by atoms with van der Waals surface area (Å²) in [5.74, 6) is 0.188. The van der Waals surface area contributed by atoms with Gasteiger partial charge in [0, 0.05) is 32.1 Å². The van der Waals surface area contributed by atoms with Gasteiger partial charge in [0.1, 0.15) is 0 Å². The second-order valence-corrected chi connectivity index (χ2v) is 3.23. The summed E-state index contributed by atoms with van der Waals surface area (Å²) >= 11 is 0. The Balaban J connectivity index is 2.40. The Bertz CT molecular complexity index is 145. The number of carbonyl (C=O) groups excluding carboxylic acids is 1. The summed E-state index contributed by atoms with van der Waals surface area (Å²) < 4.78 is 0. The van der Waals surface area contributed by atoms with Gasteiger partial charge in [-0.2, -0.15) is 0 Å². The van der Waals surface area contributed by atoms with E-state index in [1.165, 1.54) is 0 Å². The molecule has 1 fully saturated rings. The zero-order valence-corrected chi connectivity index (χ0v) is 7.26. The van der Waals surface area contributed by atoms with Crippen LogP contribution in [0.4, 0.5) is 0 Å². The van der Waals surface area contributed by atoms with Crippen molar-refractivity contribution >= 4 is 5.91 Å². The van der Waals surface area contributed by atoms with E-state index in [0.29, 0.717) is 12.5 Å². The van der Waals surface area contributed by atoms with E-state index in [1.54, 1.807) is 0 Å². The van der Waals surface area contributed by atoms with E-state index >= 15 is 0 Å². The molecule has 11 heavy (non-hydrogen) atoms. The molecule has 0 atom stereocenters. The summed E-state index contributed by atoms with van der Waals surface area (Å²) in [4.78, 5) is 13.2. The van der Waals surface area contributed by atoms with Gasteiger partial charge in [0.25, 0.3) is 0 Å². The van der Waals surface area contributed by atoms with Gasteiger partial charge in [0.05, 0.1) is 0 Å². The zero-order valence-electron chi connectivity index (χ0n) is 7.26. The van der Waals surface area contributed by atoms with Crippen LogP contribution in [0.25, 0.3) is 0 Å². The molecular formula is C8H16N2O. The molecule has 1 heterocycles. The molecular weight excluding hydrogens is 140 g/mol. The molecule has 64 valence electrons. The molecule has 1 rings (SSSR count). The Kier molecular flexibility index (Phi) is 2.88. The summed E-state index contributed by atoms with van der Waals surface area (Å²) in [7, 11) is 0. The van der Waals surface area contributed by atoms with Crippen molar-refractivity contribution in [1.82, 2.24) is 10.2 Å². The van der Waals surface area contributed by atoms with Gasteiger partial charge in [0.15, 0.2) is 0 Å². The van der Waals surface area contributed by atoms with Gasteiger partial charge in [-0.05, 0) is 13.8 Å². The summed E-state index contributed by atoms with van der Waals surface area (Å²) in [5, 5.41) is 2.85. The van der Waals surface area contributed by atoms with Crippen LogP contribution in [0.1, 0.15) is 20.3 Å². The van der Waals surface area contributed by atoms with Gasteiger partial charge in [0.2, 0.25) is 5.91 Å². The Hall–Kier alpha value is -0.570. The van der Waals surface area contributed by atoms with Crippen LogP contribution in [-0.2, 0) is 4.79 Å². The zero-order chi connectivity index (χ0) is 8.27. The van der Waals surface area contributed by atoms with Gasteiger partial charge in [-0.1, -0.05) is 0 Å². The van der Waals surface area contributed by atoms with Gasteiger partial charge in [-0.3, -0.25) is 9.69 Å². The molecule has 0 aromatic carbocycles. The molecule has 0 radical (unpaired) electrons. The van der Waals surface area contributed by atoms with Crippen molar-refractivity contribution < 1.29 is 4.79 Å². The van der Waals surface area contributed by atoms with Crippen molar-refractivity contribution in [3.8, 4) is 0 Å². The lowest BCUT2D eigenvalue weighted by atomic mass is 10.3. The molecule has 1 aliphatic heterocycles. The van der Waals surface area contributed by atoms with E-state index in [9.17, 15) is 4.79 Å². The first-order valence-corrected chi connectivity index (χ1v) is 4.21. The molecule has 3 nitrogen and oxygen atoms in total. The van der Waals surface area contributed by atoms with Crippen LogP contribution in [0.2, 0.25) is 0 Å². The average Bonchev–Trinajstić information content (AvgIpc) is 2.13. The molecule has 3 heteroatoms. The third-order valence-corrected chi connectivity index (χ3v) is 2.08. The highest BCUT2D eigenvalue weighted by Gasteiger charge is 2.14. The predicted molar refractivity (Wildman–Crippen MR) is 44.3 cm³/mol. The summed E-state index contributed by atoms with van der Waals surface area (Å²) in [6.45, 7) is 7.02. The third-order valence-electron chi connectivity index (χ3n) is 2.08. The minimum atomic E-state index is 0.188. The monoisotopic (exact) mass is 156 g/mol. The molecule has 0 aliphatic carbocycles. The van der Waals surface area contributed by atoms with Crippen LogP contribution in [0, 0.1) is 0 Å². The summed E-state index contributed by atoms with van der Waals surface area (Å²) in [6.07, 6.45) is 0.651. The van der Waals surface area contributed by atoms with Gasteiger partial charge >= 0.3 is 0 Å². The molecule has 1 saturated heterocycles. The first-order valence-electron chi connectivity index (χ1n) is 4.21. The molecule has 0 unspecified atom stereocenters. The average molecular weight is 156 g/mol. The molecule has 0 bridgehead atoms. The van der Waals surface area contributed by atoms with Crippen molar-refractivity contribution in [3.05, 3.63) is 0 Å². The van der Waals surface area contributed by atoms with Crippen molar-refractivity contribution in [2.24, 2.45) is 0 Å². The van der Waals surface area contributed by atoms with Crippen LogP contribution in [0.5, 0.6) is 0 Å². The van der Waals surface area contributed by atoms with E-state index < -0.39 is 0 Å². The molecule has 1 N–H and O–H groups in total. The second kappa shape index (κ2) is 3.72. The minimum absolute atomic E-state index is 0.188. The summed E-state index contributed by atoms with van der Waals surface area (Å²) in [5.41, 5.74) is 0. The van der Waals surface area contributed by atoms with Crippen molar-refractivity contribution in [2.75, 3.05) is 19.6 Å². The highest BCUT2D eigenvalue weighted by molar-refractivity contribution is 5.76. The number of hydrogen-bond donors (Lipinski definition) is 1. The Morgan fingerprint density at radius 3 is 2.82 bits per heavy atom. The van der Waals surface area contributed by atoms with Gasteiger partial charge < -0.3 is 5.32 Å². The lowest BCUT2D eigenvalue weighted by Gasteiger charge is -2.22. The largest absolute Gasteiger partial charge is 0.355 e. The molecule has 0 aromatic rings. The second-order valence-electron chi connectivity index (χ2n) is 3.23. The van der Waals surface area contributed by atoms with E-state index in [2.05, 4.69) is 24.1 Å². The van der Waals surface area contributed by atoms with Crippen molar-refractivity contribution in [3.63, 3.8) is 0 Å². The fourth-order valence-corrected chi connectivity index (χ4v) is 1.30. The smallest absolute Gasteiger partial charge is 0.221 e.